The van der Waals surface area contributed by atoms with E-state index in [0.717, 1.165) is 11.1 Å². The van der Waals surface area contributed by atoms with E-state index in [4.69, 9.17) is 4.74 Å². The molecule has 0 bridgehead atoms. The number of pyridine rings is 1. The Bertz CT molecular complexity index is 1260. The Morgan fingerprint density at radius 2 is 1.97 bits per heavy atom. The molecule has 0 atom stereocenters. The minimum Gasteiger partial charge on any atom is -0.489 e. The lowest BCUT2D eigenvalue weighted by atomic mass is 10.1. The van der Waals surface area contributed by atoms with Crippen molar-refractivity contribution in [2.75, 3.05) is 0 Å². The van der Waals surface area contributed by atoms with Gasteiger partial charge in [-0.05, 0) is 30.5 Å². The van der Waals surface area contributed by atoms with Gasteiger partial charge in [0, 0.05) is 31.9 Å². The predicted molar refractivity (Wildman–Crippen MR) is 119 cm³/mol. The SMILES string of the molecule is Cc1nc(-n2ccc(OCc3ccccc3)cc2=O)sc1C(=O)CCc1cnn(C)c1. The number of ether oxygens (including phenoxy) is 1. The molecule has 0 spiro atoms. The number of aromatic nitrogens is 4. The second kappa shape index (κ2) is 9.09. The first kappa shape index (κ1) is 20.7. The molecule has 4 aromatic rings. The van der Waals surface area contributed by atoms with Gasteiger partial charge in [0.1, 0.15) is 12.4 Å². The van der Waals surface area contributed by atoms with E-state index >= 15 is 0 Å². The van der Waals surface area contributed by atoms with E-state index < -0.39 is 0 Å². The van der Waals surface area contributed by atoms with E-state index in [1.807, 2.05) is 43.6 Å². The molecule has 0 aliphatic rings. The summed E-state index contributed by atoms with van der Waals surface area (Å²) in [5.74, 6) is 0.507. The Hall–Kier alpha value is -3.52. The summed E-state index contributed by atoms with van der Waals surface area (Å²) in [6.45, 7) is 2.18. The molecule has 0 aliphatic carbocycles. The molecule has 0 N–H and O–H groups in total. The van der Waals surface area contributed by atoms with Gasteiger partial charge in [-0.3, -0.25) is 18.8 Å². The van der Waals surface area contributed by atoms with Crippen LogP contribution in [0.4, 0.5) is 0 Å². The summed E-state index contributed by atoms with van der Waals surface area (Å²) in [6, 6.07) is 12.9. The molecule has 0 aliphatic heterocycles. The van der Waals surface area contributed by atoms with Crippen LogP contribution in [0.2, 0.25) is 0 Å². The Kier molecular flexibility index (Phi) is 6.08. The summed E-state index contributed by atoms with van der Waals surface area (Å²) in [5.41, 5.74) is 2.42. The molecule has 4 rings (SSSR count). The van der Waals surface area contributed by atoms with Gasteiger partial charge in [0.2, 0.25) is 0 Å². The number of hydrogen-bond donors (Lipinski definition) is 0. The number of thiazole rings is 1. The number of nitrogens with zero attached hydrogens (tertiary/aromatic N) is 4. The van der Waals surface area contributed by atoms with Crippen LogP contribution in [0.25, 0.3) is 5.13 Å². The van der Waals surface area contributed by atoms with Gasteiger partial charge < -0.3 is 4.74 Å². The molecule has 3 aromatic heterocycles. The molecule has 158 valence electrons. The molecule has 0 saturated carbocycles. The van der Waals surface area contributed by atoms with Gasteiger partial charge in [0.05, 0.1) is 16.8 Å². The van der Waals surface area contributed by atoms with Crippen LogP contribution in [0.1, 0.15) is 32.9 Å². The molecule has 0 amide bonds. The molecular weight excluding hydrogens is 412 g/mol. The van der Waals surface area contributed by atoms with Gasteiger partial charge in [-0.15, -0.1) is 0 Å². The van der Waals surface area contributed by atoms with Gasteiger partial charge in [0.15, 0.2) is 10.9 Å². The van der Waals surface area contributed by atoms with E-state index in [1.165, 1.54) is 22.0 Å². The molecule has 31 heavy (non-hydrogen) atoms. The zero-order valence-corrected chi connectivity index (χ0v) is 18.1. The van der Waals surface area contributed by atoms with Gasteiger partial charge in [0.25, 0.3) is 5.56 Å². The van der Waals surface area contributed by atoms with Crippen LogP contribution in [0.15, 0.2) is 65.8 Å². The first-order valence-corrected chi connectivity index (χ1v) is 10.7. The monoisotopic (exact) mass is 434 g/mol. The highest BCUT2D eigenvalue weighted by Crippen LogP contribution is 2.23. The fraction of sp³-hybridized carbons (Fsp3) is 0.217. The van der Waals surface area contributed by atoms with Gasteiger partial charge >= 0.3 is 0 Å². The first-order valence-electron chi connectivity index (χ1n) is 9.87. The summed E-state index contributed by atoms with van der Waals surface area (Å²) < 4.78 is 8.87. The quantitative estimate of drug-likeness (QED) is 0.395. The average molecular weight is 435 g/mol. The topological polar surface area (TPSA) is 79.0 Å². The highest BCUT2D eigenvalue weighted by Gasteiger charge is 2.17. The van der Waals surface area contributed by atoms with Crippen molar-refractivity contribution in [1.82, 2.24) is 19.3 Å². The normalized spacial score (nSPS) is 10.9. The average Bonchev–Trinajstić information content (AvgIpc) is 3.36. The summed E-state index contributed by atoms with van der Waals surface area (Å²) in [6.07, 6.45) is 6.28. The second-order valence-corrected chi connectivity index (χ2v) is 8.18. The van der Waals surface area contributed by atoms with Crippen LogP contribution >= 0.6 is 11.3 Å². The zero-order valence-electron chi connectivity index (χ0n) is 17.3. The minimum atomic E-state index is -0.256. The summed E-state index contributed by atoms with van der Waals surface area (Å²) in [4.78, 5) is 30.3. The molecule has 0 saturated heterocycles. The van der Waals surface area contributed by atoms with E-state index in [1.54, 1.807) is 30.1 Å². The van der Waals surface area contributed by atoms with Crippen LogP contribution in [-0.2, 0) is 20.1 Å². The minimum absolute atomic E-state index is 0.0148. The molecule has 0 radical (unpaired) electrons. The number of hydrogen-bond acceptors (Lipinski definition) is 6. The summed E-state index contributed by atoms with van der Waals surface area (Å²) in [5, 5.41) is 4.60. The maximum absolute atomic E-state index is 12.7. The van der Waals surface area contributed by atoms with Gasteiger partial charge in [-0.2, -0.15) is 5.10 Å². The highest BCUT2D eigenvalue weighted by molar-refractivity contribution is 7.16. The number of rotatable bonds is 8. The second-order valence-electron chi connectivity index (χ2n) is 7.20. The third-order valence-corrected chi connectivity index (χ3v) is 5.98. The van der Waals surface area contributed by atoms with Crippen molar-refractivity contribution >= 4 is 17.1 Å². The van der Waals surface area contributed by atoms with Crippen LogP contribution in [-0.4, -0.2) is 25.1 Å². The fourth-order valence-corrected chi connectivity index (χ4v) is 4.19. The Labute approximate surface area is 183 Å². The third-order valence-electron chi connectivity index (χ3n) is 4.78. The lowest BCUT2D eigenvalue weighted by molar-refractivity contribution is 0.0986. The Morgan fingerprint density at radius 1 is 1.16 bits per heavy atom. The van der Waals surface area contributed by atoms with Gasteiger partial charge in [-0.25, -0.2) is 4.98 Å². The number of benzene rings is 1. The maximum atomic E-state index is 12.7. The number of ketones is 1. The largest absolute Gasteiger partial charge is 0.489 e. The molecule has 0 fully saturated rings. The van der Waals surface area contributed by atoms with Crippen molar-refractivity contribution in [3.8, 4) is 10.9 Å². The Morgan fingerprint density at radius 3 is 2.68 bits per heavy atom. The molecule has 0 unspecified atom stereocenters. The number of carbonyl (C=O) groups excluding carboxylic acids is 1. The van der Waals surface area contributed by atoms with Crippen molar-refractivity contribution in [2.45, 2.75) is 26.4 Å². The molecule has 3 heterocycles. The lowest BCUT2D eigenvalue weighted by Crippen LogP contribution is -2.16. The zero-order chi connectivity index (χ0) is 21.8. The number of aryl methyl sites for hydroxylation is 3. The number of carbonyl (C=O) groups is 1. The van der Waals surface area contributed by atoms with Crippen LogP contribution in [0.5, 0.6) is 5.75 Å². The molecule has 7 nitrogen and oxygen atoms in total. The molecular formula is C23H22N4O3S. The van der Waals surface area contributed by atoms with E-state index in [2.05, 4.69) is 10.1 Å². The van der Waals surface area contributed by atoms with E-state index in [-0.39, 0.29) is 11.3 Å². The van der Waals surface area contributed by atoms with Crippen LogP contribution < -0.4 is 10.3 Å². The third kappa shape index (κ3) is 4.97. The first-order chi connectivity index (χ1) is 15.0. The fourth-order valence-electron chi connectivity index (χ4n) is 3.17. The maximum Gasteiger partial charge on any atom is 0.260 e. The summed E-state index contributed by atoms with van der Waals surface area (Å²) in [7, 11) is 1.85. The number of Topliss-reactive ketones (excluding diaryl/α,β-unsaturated/α-hetero) is 1. The van der Waals surface area contributed by atoms with Gasteiger partial charge in [-0.1, -0.05) is 41.7 Å². The van der Waals surface area contributed by atoms with Crippen molar-refractivity contribution < 1.29 is 9.53 Å². The van der Waals surface area contributed by atoms with Crippen LogP contribution in [0.3, 0.4) is 0 Å². The van der Waals surface area contributed by atoms with Crippen molar-refractivity contribution in [3.05, 3.63) is 93.1 Å². The smallest absolute Gasteiger partial charge is 0.260 e. The predicted octanol–water partition coefficient (Wildman–Crippen LogP) is 3.73. The highest BCUT2D eigenvalue weighted by atomic mass is 32.1. The van der Waals surface area contributed by atoms with E-state index in [0.29, 0.717) is 40.9 Å². The molecule has 1 aromatic carbocycles. The van der Waals surface area contributed by atoms with Crippen molar-refractivity contribution in [1.29, 1.82) is 0 Å². The Balaban J connectivity index is 1.45. The van der Waals surface area contributed by atoms with Crippen molar-refractivity contribution in [3.63, 3.8) is 0 Å². The summed E-state index contributed by atoms with van der Waals surface area (Å²) >= 11 is 1.23. The standard InChI is InChI=1S/C23H22N4O3S/c1-16-22(20(28)9-8-18-13-24-26(2)14-18)31-23(25-16)27-11-10-19(12-21(27)29)30-15-17-6-4-3-5-7-17/h3-7,10-14H,8-9,15H2,1-2H3. The van der Waals surface area contributed by atoms with Crippen molar-refractivity contribution in [2.24, 2.45) is 7.05 Å². The molecule has 8 heteroatoms. The van der Waals surface area contributed by atoms with Crippen LogP contribution in [0, 0.1) is 6.92 Å². The lowest BCUT2D eigenvalue weighted by Gasteiger charge is -2.07. The van der Waals surface area contributed by atoms with E-state index in [9.17, 15) is 9.59 Å².